The summed E-state index contributed by atoms with van der Waals surface area (Å²) >= 11 is 5.78. The minimum Gasteiger partial charge on any atom is -0.369 e. The molecule has 7 heteroatoms. The van der Waals surface area contributed by atoms with E-state index in [2.05, 4.69) is 10.3 Å². The lowest BCUT2D eigenvalue weighted by atomic mass is 10.2. The van der Waals surface area contributed by atoms with Crippen molar-refractivity contribution in [2.24, 2.45) is 0 Å². The minimum atomic E-state index is -0.346. The Kier molecular flexibility index (Phi) is 4.59. The van der Waals surface area contributed by atoms with Crippen molar-refractivity contribution in [3.05, 3.63) is 57.0 Å². The van der Waals surface area contributed by atoms with Crippen LogP contribution < -0.4 is 16.6 Å². The smallest absolute Gasteiger partial charge is 0.255 e. The van der Waals surface area contributed by atoms with Gasteiger partial charge in [0.05, 0.1) is 0 Å². The summed E-state index contributed by atoms with van der Waals surface area (Å²) in [7, 11) is 0. The molecule has 0 spiro atoms. The summed E-state index contributed by atoms with van der Waals surface area (Å²) in [6.07, 6.45) is 0. The number of amides is 1. The lowest BCUT2D eigenvalue weighted by molar-refractivity contribution is -0.121. The standard InChI is InChI=1S/C14H15ClN4O2/c1-9-6-13(21)19(14(16)18-9)8-12(20)17-7-10-2-4-11(15)5-3-10/h2-6H,7-8H2,1H3,(H2,16,18)(H,17,20). The Hall–Kier alpha value is -2.34. The number of hydrogen-bond acceptors (Lipinski definition) is 4. The van der Waals surface area contributed by atoms with Crippen LogP contribution in [0.1, 0.15) is 11.3 Å². The van der Waals surface area contributed by atoms with Gasteiger partial charge in [0.2, 0.25) is 11.9 Å². The molecular formula is C14H15ClN4O2. The van der Waals surface area contributed by atoms with Gasteiger partial charge in [0.1, 0.15) is 6.54 Å². The van der Waals surface area contributed by atoms with E-state index in [0.29, 0.717) is 17.3 Å². The highest BCUT2D eigenvalue weighted by molar-refractivity contribution is 6.30. The Bertz CT molecular complexity index is 710. The number of nitrogens with two attached hydrogens (primary N) is 1. The number of carbonyl (C=O) groups is 1. The quantitative estimate of drug-likeness (QED) is 0.885. The van der Waals surface area contributed by atoms with Crippen LogP contribution in [0.2, 0.25) is 5.02 Å². The topological polar surface area (TPSA) is 90.0 Å². The van der Waals surface area contributed by atoms with E-state index in [0.717, 1.165) is 10.1 Å². The van der Waals surface area contributed by atoms with Gasteiger partial charge in [-0.05, 0) is 24.6 Å². The molecule has 0 aliphatic rings. The van der Waals surface area contributed by atoms with Crippen LogP contribution in [0.15, 0.2) is 35.1 Å². The molecule has 2 aromatic rings. The summed E-state index contributed by atoms with van der Waals surface area (Å²) in [6, 6.07) is 8.46. The highest BCUT2D eigenvalue weighted by Crippen LogP contribution is 2.09. The second-order valence-electron chi connectivity index (χ2n) is 4.58. The van der Waals surface area contributed by atoms with Crippen molar-refractivity contribution in [2.75, 3.05) is 5.73 Å². The van der Waals surface area contributed by atoms with Gasteiger partial charge in [-0.3, -0.25) is 14.2 Å². The molecule has 0 atom stereocenters. The van der Waals surface area contributed by atoms with E-state index in [1.54, 1.807) is 19.1 Å². The Morgan fingerprint density at radius 3 is 2.67 bits per heavy atom. The van der Waals surface area contributed by atoms with Gasteiger partial charge in [-0.1, -0.05) is 23.7 Å². The van der Waals surface area contributed by atoms with Crippen LogP contribution in [0.4, 0.5) is 5.95 Å². The Balaban J connectivity index is 1.99. The van der Waals surface area contributed by atoms with E-state index in [1.807, 2.05) is 12.1 Å². The van der Waals surface area contributed by atoms with Crippen molar-refractivity contribution in [3.63, 3.8) is 0 Å². The zero-order chi connectivity index (χ0) is 15.4. The van der Waals surface area contributed by atoms with E-state index in [9.17, 15) is 9.59 Å². The van der Waals surface area contributed by atoms with Crippen molar-refractivity contribution < 1.29 is 4.79 Å². The molecule has 0 aliphatic heterocycles. The van der Waals surface area contributed by atoms with Crippen LogP contribution in [-0.2, 0) is 17.9 Å². The fourth-order valence-corrected chi connectivity index (χ4v) is 1.93. The first-order chi connectivity index (χ1) is 9.95. The van der Waals surface area contributed by atoms with Gasteiger partial charge >= 0.3 is 0 Å². The third-order valence-electron chi connectivity index (χ3n) is 2.87. The number of nitrogens with zero attached hydrogens (tertiary/aromatic N) is 2. The van der Waals surface area contributed by atoms with E-state index in [4.69, 9.17) is 17.3 Å². The molecule has 1 aromatic carbocycles. The fourth-order valence-electron chi connectivity index (χ4n) is 1.80. The highest BCUT2D eigenvalue weighted by atomic mass is 35.5. The molecule has 110 valence electrons. The number of nitrogen functional groups attached to an aromatic ring is 1. The lowest BCUT2D eigenvalue weighted by Crippen LogP contribution is -2.33. The van der Waals surface area contributed by atoms with Crippen LogP contribution in [0.5, 0.6) is 0 Å². The molecule has 0 fully saturated rings. The monoisotopic (exact) mass is 306 g/mol. The average Bonchev–Trinajstić information content (AvgIpc) is 2.42. The summed E-state index contributed by atoms with van der Waals surface area (Å²) in [5.41, 5.74) is 6.74. The van der Waals surface area contributed by atoms with Crippen molar-refractivity contribution in [1.29, 1.82) is 0 Å². The van der Waals surface area contributed by atoms with Crippen LogP contribution in [-0.4, -0.2) is 15.5 Å². The maximum Gasteiger partial charge on any atom is 0.255 e. The zero-order valence-corrected chi connectivity index (χ0v) is 12.2. The Morgan fingerprint density at radius 1 is 1.38 bits per heavy atom. The van der Waals surface area contributed by atoms with Crippen molar-refractivity contribution in [1.82, 2.24) is 14.9 Å². The number of nitrogens with one attached hydrogen (secondary N) is 1. The molecular weight excluding hydrogens is 292 g/mol. The number of rotatable bonds is 4. The maximum atomic E-state index is 11.9. The van der Waals surface area contributed by atoms with E-state index in [-0.39, 0.29) is 24.0 Å². The number of anilines is 1. The molecule has 0 saturated carbocycles. The number of halogens is 1. The molecule has 1 aromatic heterocycles. The molecule has 0 saturated heterocycles. The molecule has 21 heavy (non-hydrogen) atoms. The molecule has 1 heterocycles. The first kappa shape index (κ1) is 15.1. The molecule has 0 aliphatic carbocycles. The predicted molar refractivity (Wildman–Crippen MR) is 80.9 cm³/mol. The van der Waals surface area contributed by atoms with E-state index < -0.39 is 0 Å². The van der Waals surface area contributed by atoms with E-state index in [1.165, 1.54) is 6.07 Å². The second kappa shape index (κ2) is 6.41. The molecule has 2 rings (SSSR count). The SMILES string of the molecule is Cc1cc(=O)n(CC(=O)NCc2ccc(Cl)cc2)c(N)n1. The second-order valence-corrected chi connectivity index (χ2v) is 5.02. The van der Waals surface area contributed by atoms with Gasteiger partial charge in [-0.15, -0.1) is 0 Å². The van der Waals surface area contributed by atoms with Gasteiger partial charge < -0.3 is 11.1 Å². The summed E-state index contributed by atoms with van der Waals surface area (Å²) in [5, 5.41) is 3.35. The minimum absolute atomic E-state index is 0.0293. The van der Waals surface area contributed by atoms with Crippen molar-refractivity contribution in [3.8, 4) is 0 Å². The number of aryl methyl sites for hydroxylation is 1. The van der Waals surface area contributed by atoms with Crippen molar-refractivity contribution in [2.45, 2.75) is 20.0 Å². The van der Waals surface area contributed by atoms with Gasteiger partial charge in [0, 0.05) is 23.3 Å². The van der Waals surface area contributed by atoms with Crippen molar-refractivity contribution >= 4 is 23.5 Å². The van der Waals surface area contributed by atoms with Crippen LogP contribution in [0.3, 0.4) is 0 Å². The maximum absolute atomic E-state index is 11.9. The number of carbonyl (C=O) groups excluding carboxylic acids is 1. The average molecular weight is 307 g/mol. The summed E-state index contributed by atoms with van der Waals surface area (Å²) in [4.78, 5) is 27.6. The van der Waals surface area contributed by atoms with Gasteiger partial charge in [-0.25, -0.2) is 4.98 Å². The summed E-state index contributed by atoms with van der Waals surface area (Å²) in [6.45, 7) is 1.86. The van der Waals surface area contributed by atoms with Gasteiger partial charge in [-0.2, -0.15) is 0 Å². The zero-order valence-electron chi connectivity index (χ0n) is 11.5. The Labute approximate surface area is 126 Å². The highest BCUT2D eigenvalue weighted by Gasteiger charge is 2.08. The Morgan fingerprint density at radius 2 is 2.05 bits per heavy atom. The lowest BCUT2D eigenvalue weighted by Gasteiger charge is -2.10. The summed E-state index contributed by atoms with van der Waals surface area (Å²) in [5.74, 6) is -0.286. The van der Waals surface area contributed by atoms with Crippen LogP contribution in [0, 0.1) is 6.92 Å². The fraction of sp³-hybridized carbons (Fsp3) is 0.214. The third kappa shape index (κ3) is 4.06. The first-order valence-electron chi connectivity index (χ1n) is 6.31. The first-order valence-corrected chi connectivity index (χ1v) is 6.68. The van der Waals surface area contributed by atoms with E-state index >= 15 is 0 Å². The number of benzene rings is 1. The van der Waals surface area contributed by atoms with Gasteiger partial charge in [0.25, 0.3) is 5.56 Å². The molecule has 0 radical (unpaired) electrons. The normalized spacial score (nSPS) is 10.4. The number of aromatic nitrogens is 2. The predicted octanol–water partition coefficient (Wildman–Crippen LogP) is 1.10. The van der Waals surface area contributed by atoms with Crippen LogP contribution >= 0.6 is 11.6 Å². The number of hydrogen-bond donors (Lipinski definition) is 2. The molecule has 6 nitrogen and oxygen atoms in total. The molecule has 1 amide bonds. The van der Waals surface area contributed by atoms with Crippen LogP contribution in [0.25, 0.3) is 0 Å². The van der Waals surface area contributed by atoms with Gasteiger partial charge in [0.15, 0.2) is 0 Å². The molecule has 3 N–H and O–H groups in total. The summed E-state index contributed by atoms with van der Waals surface area (Å²) < 4.78 is 1.13. The largest absolute Gasteiger partial charge is 0.369 e. The third-order valence-corrected chi connectivity index (χ3v) is 3.12. The molecule has 0 unspecified atom stereocenters. The molecule has 0 bridgehead atoms.